The lowest BCUT2D eigenvalue weighted by Crippen LogP contribution is -2.52. The Balaban J connectivity index is 1.88. The molecular formula is C23H32N6O5. The van der Waals surface area contributed by atoms with Crippen LogP contribution in [-0.2, 0) is 20.9 Å². The number of carbonyl (C=O) groups is 2. The van der Waals surface area contributed by atoms with Crippen molar-refractivity contribution < 1.29 is 14.3 Å². The first kappa shape index (κ1) is 25.2. The molecule has 11 nitrogen and oxygen atoms in total. The molecule has 0 spiro atoms. The number of nitrogens with one attached hydrogen (secondary N) is 1. The van der Waals surface area contributed by atoms with Crippen LogP contribution in [0.2, 0.25) is 0 Å². The second kappa shape index (κ2) is 11.6. The van der Waals surface area contributed by atoms with Crippen molar-refractivity contribution in [2.24, 2.45) is 0 Å². The number of nitrogens with zero attached hydrogens (tertiary/aromatic N) is 4. The van der Waals surface area contributed by atoms with Gasteiger partial charge >= 0.3 is 5.69 Å². The van der Waals surface area contributed by atoms with Crippen molar-refractivity contribution in [1.29, 1.82) is 0 Å². The molecule has 0 saturated carbocycles. The first-order chi connectivity index (χ1) is 16.3. The van der Waals surface area contributed by atoms with E-state index in [1.807, 2.05) is 35.2 Å². The molecule has 1 fully saturated rings. The molecular weight excluding hydrogens is 440 g/mol. The molecule has 2 heterocycles. The number of ether oxygens (including phenoxy) is 1. The van der Waals surface area contributed by atoms with Crippen molar-refractivity contribution >= 4 is 23.3 Å². The van der Waals surface area contributed by atoms with Crippen molar-refractivity contribution in [3.05, 3.63) is 56.7 Å². The van der Waals surface area contributed by atoms with Crippen LogP contribution >= 0.6 is 0 Å². The van der Waals surface area contributed by atoms with Gasteiger partial charge in [0.2, 0.25) is 11.8 Å². The van der Waals surface area contributed by atoms with Crippen molar-refractivity contribution in [1.82, 2.24) is 19.4 Å². The average Bonchev–Trinajstić information content (AvgIpc) is 2.81. The molecule has 1 aliphatic rings. The SMILES string of the molecule is COCCCN(C(=O)CN1CCN(C(C)=O)CC1)c1c(N)n(Cc2ccccc2)c(=O)[nH]c1=O. The molecule has 0 unspecified atom stereocenters. The topological polar surface area (TPSA) is 134 Å². The monoisotopic (exact) mass is 472 g/mol. The zero-order chi connectivity index (χ0) is 24.7. The van der Waals surface area contributed by atoms with Crippen molar-refractivity contribution in [2.75, 3.05) is 63.6 Å². The Morgan fingerprint density at radius 1 is 1.12 bits per heavy atom. The maximum Gasteiger partial charge on any atom is 0.330 e. The number of nitrogen functional groups attached to an aromatic ring is 1. The summed E-state index contributed by atoms with van der Waals surface area (Å²) in [5.74, 6) is -0.369. The van der Waals surface area contributed by atoms with Crippen LogP contribution < -0.4 is 21.9 Å². The minimum absolute atomic E-state index is 0.00662. The normalized spacial score (nSPS) is 14.2. The minimum Gasteiger partial charge on any atom is -0.385 e. The third kappa shape index (κ3) is 6.12. The van der Waals surface area contributed by atoms with Crippen LogP contribution in [-0.4, -0.2) is 84.2 Å². The standard InChI is InChI=1S/C23H32N6O5/c1-17(30)27-12-10-26(11-13-27)16-19(31)28(9-6-14-34-2)20-21(24)29(23(33)25-22(20)32)15-18-7-4-3-5-8-18/h3-5,7-8H,6,9-16,24H2,1-2H3,(H,25,32,33). The number of piperazine rings is 1. The van der Waals surface area contributed by atoms with E-state index in [0.717, 1.165) is 5.56 Å². The Morgan fingerprint density at radius 2 is 1.79 bits per heavy atom. The number of aromatic amines is 1. The summed E-state index contributed by atoms with van der Waals surface area (Å²) in [5, 5.41) is 0. The summed E-state index contributed by atoms with van der Waals surface area (Å²) < 4.78 is 6.37. The summed E-state index contributed by atoms with van der Waals surface area (Å²) >= 11 is 0. The molecule has 0 aliphatic carbocycles. The van der Waals surface area contributed by atoms with Crippen LogP contribution in [0.4, 0.5) is 11.5 Å². The Labute approximate surface area is 197 Å². The van der Waals surface area contributed by atoms with Gasteiger partial charge in [-0.1, -0.05) is 30.3 Å². The van der Waals surface area contributed by atoms with Gasteiger partial charge in [-0.15, -0.1) is 0 Å². The number of H-pyrrole nitrogens is 1. The number of carbonyl (C=O) groups excluding carboxylic acids is 2. The second-order valence-electron chi connectivity index (χ2n) is 8.24. The number of methoxy groups -OCH3 is 1. The zero-order valence-corrected chi connectivity index (χ0v) is 19.7. The molecule has 3 rings (SSSR count). The van der Waals surface area contributed by atoms with E-state index in [4.69, 9.17) is 10.5 Å². The number of nitrogens with two attached hydrogens (primary N) is 1. The maximum atomic E-state index is 13.3. The van der Waals surface area contributed by atoms with E-state index in [1.54, 1.807) is 12.0 Å². The molecule has 0 bridgehead atoms. The minimum atomic E-state index is -0.709. The summed E-state index contributed by atoms with van der Waals surface area (Å²) in [4.78, 5) is 57.6. The van der Waals surface area contributed by atoms with Crippen LogP contribution in [0.3, 0.4) is 0 Å². The summed E-state index contributed by atoms with van der Waals surface area (Å²) in [5.41, 5.74) is 5.76. The number of hydrogen-bond donors (Lipinski definition) is 2. The first-order valence-electron chi connectivity index (χ1n) is 11.3. The molecule has 2 amide bonds. The van der Waals surface area contributed by atoms with E-state index in [2.05, 4.69) is 4.98 Å². The fraction of sp³-hybridized carbons (Fsp3) is 0.478. The Kier molecular flexibility index (Phi) is 8.61. The number of anilines is 2. The Bertz CT molecular complexity index is 1110. The van der Waals surface area contributed by atoms with Gasteiger partial charge < -0.3 is 20.3 Å². The lowest BCUT2D eigenvalue weighted by molar-refractivity contribution is -0.130. The van der Waals surface area contributed by atoms with Gasteiger partial charge in [-0.25, -0.2) is 4.79 Å². The van der Waals surface area contributed by atoms with Crippen LogP contribution in [0.25, 0.3) is 0 Å². The highest BCUT2D eigenvalue weighted by Crippen LogP contribution is 2.19. The predicted molar refractivity (Wildman–Crippen MR) is 129 cm³/mol. The van der Waals surface area contributed by atoms with E-state index in [-0.39, 0.29) is 43.0 Å². The van der Waals surface area contributed by atoms with E-state index in [0.29, 0.717) is 39.2 Å². The lowest BCUT2D eigenvalue weighted by atomic mass is 10.2. The largest absolute Gasteiger partial charge is 0.385 e. The van der Waals surface area contributed by atoms with Crippen molar-refractivity contribution in [2.45, 2.75) is 19.9 Å². The molecule has 3 N–H and O–H groups in total. The van der Waals surface area contributed by atoms with Gasteiger partial charge in [0, 0.05) is 53.4 Å². The molecule has 1 aromatic heterocycles. The van der Waals surface area contributed by atoms with Crippen molar-refractivity contribution in [3.8, 4) is 0 Å². The average molecular weight is 473 g/mol. The molecule has 11 heteroatoms. The van der Waals surface area contributed by atoms with Crippen LogP contribution in [0.5, 0.6) is 0 Å². The summed E-state index contributed by atoms with van der Waals surface area (Å²) in [6.07, 6.45) is 0.483. The lowest BCUT2D eigenvalue weighted by Gasteiger charge is -2.35. The third-order valence-electron chi connectivity index (χ3n) is 5.88. The van der Waals surface area contributed by atoms with E-state index < -0.39 is 11.2 Å². The molecule has 0 atom stereocenters. The Morgan fingerprint density at radius 3 is 2.41 bits per heavy atom. The fourth-order valence-electron chi connectivity index (χ4n) is 3.99. The van der Waals surface area contributed by atoms with E-state index in [9.17, 15) is 19.2 Å². The van der Waals surface area contributed by atoms with Crippen LogP contribution in [0.1, 0.15) is 18.9 Å². The molecule has 1 aliphatic heterocycles. The summed E-state index contributed by atoms with van der Waals surface area (Å²) in [6.45, 7) is 4.52. The summed E-state index contributed by atoms with van der Waals surface area (Å²) in [6, 6.07) is 9.24. The van der Waals surface area contributed by atoms with E-state index >= 15 is 0 Å². The molecule has 1 aromatic carbocycles. The number of aromatic nitrogens is 2. The van der Waals surface area contributed by atoms with Crippen LogP contribution in [0, 0.1) is 0 Å². The van der Waals surface area contributed by atoms with Gasteiger partial charge in [0.1, 0.15) is 5.82 Å². The molecule has 0 radical (unpaired) electrons. The first-order valence-corrected chi connectivity index (χ1v) is 11.3. The molecule has 34 heavy (non-hydrogen) atoms. The van der Waals surface area contributed by atoms with Gasteiger partial charge in [-0.3, -0.25) is 28.8 Å². The van der Waals surface area contributed by atoms with E-state index in [1.165, 1.54) is 16.4 Å². The highest BCUT2D eigenvalue weighted by Gasteiger charge is 2.27. The van der Waals surface area contributed by atoms with Crippen LogP contribution in [0.15, 0.2) is 39.9 Å². The fourth-order valence-corrected chi connectivity index (χ4v) is 3.99. The van der Waals surface area contributed by atoms with Crippen molar-refractivity contribution in [3.63, 3.8) is 0 Å². The van der Waals surface area contributed by atoms with Gasteiger partial charge in [-0.2, -0.15) is 0 Å². The maximum absolute atomic E-state index is 13.3. The second-order valence-corrected chi connectivity index (χ2v) is 8.24. The Hall–Kier alpha value is -3.44. The molecule has 2 aromatic rings. The van der Waals surface area contributed by atoms with Gasteiger partial charge in [0.25, 0.3) is 5.56 Å². The number of benzene rings is 1. The molecule has 1 saturated heterocycles. The molecule has 184 valence electrons. The highest BCUT2D eigenvalue weighted by atomic mass is 16.5. The van der Waals surface area contributed by atoms with Gasteiger partial charge in [-0.05, 0) is 12.0 Å². The quantitative estimate of drug-likeness (QED) is 0.479. The zero-order valence-electron chi connectivity index (χ0n) is 19.7. The number of hydrogen-bond acceptors (Lipinski definition) is 7. The third-order valence-corrected chi connectivity index (χ3v) is 5.88. The number of amides is 2. The van der Waals surface area contributed by atoms with Gasteiger partial charge in [0.15, 0.2) is 5.69 Å². The highest BCUT2D eigenvalue weighted by molar-refractivity contribution is 5.96. The smallest absolute Gasteiger partial charge is 0.330 e. The van der Waals surface area contributed by atoms with Gasteiger partial charge in [0.05, 0.1) is 13.1 Å². The number of rotatable bonds is 9. The predicted octanol–water partition coefficient (Wildman–Crippen LogP) is -0.299. The summed E-state index contributed by atoms with van der Waals surface area (Å²) in [7, 11) is 1.56.